The molecule has 1 aliphatic rings. The zero-order chi connectivity index (χ0) is 13.9. The molecule has 0 aromatic heterocycles. The quantitative estimate of drug-likeness (QED) is 0.926. The summed E-state index contributed by atoms with van der Waals surface area (Å²) in [6.07, 6.45) is 1.99. The molecule has 0 bridgehead atoms. The average Bonchev–Trinajstić information content (AvgIpc) is 2.75. The maximum atomic E-state index is 12.4. The van der Waals surface area contributed by atoms with Crippen molar-refractivity contribution < 1.29 is 9.90 Å². The SMILES string of the molecule is O=C1c2ccccc2/C(=C\c2ccccc2)N1CCO. The number of nitrogens with zero attached hydrogens (tertiary/aromatic N) is 1. The molecule has 1 heterocycles. The van der Waals surface area contributed by atoms with Gasteiger partial charge in [-0.15, -0.1) is 0 Å². The summed E-state index contributed by atoms with van der Waals surface area (Å²) < 4.78 is 0. The second-order valence-corrected chi connectivity index (χ2v) is 4.67. The maximum absolute atomic E-state index is 12.4. The van der Waals surface area contributed by atoms with Crippen LogP contribution in [0.1, 0.15) is 21.5 Å². The van der Waals surface area contributed by atoms with E-state index >= 15 is 0 Å². The normalized spacial score (nSPS) is 15.8. The molecular formula is C17H15NO2. The van der Waals surface area contributed by atoms with Crippen LogP contribution in [0.25, 0.3) is 11.8 Å². The Morgan fingerprint density at radius 2 is 1.60 bits per heavy atom. The van der Waals surface area contributed by atoms with Crippen LogP contribution in [0.5, 0.6) is 0 Å². The van der Waals surface area contributed by atoms with Gasteiger partial charge in [0.1, 0.15) is 0 Å². The monoisotopic (exact) mass is 265 g/mol. The highest BCUT2D eigenvalue weighted by atomic mass is 16.3. The summed E-state index contributed by atoms with van der Waals surface area (Å²) in [7, 11) is 0. The van der Waals surface area contributed by atoms with Gasteiger partial charge in [-0.25, -0.2) is 0 Å². The van der Waals surface area contributed by atoms with E-state index in [1.54, 1.807) is 4.90 Å². The van der Waals surface area contributed by atoms with Crippen molar-refractivity contribution in [2.24, 2.45) is 0 Å². The lowest BCUT2D eigenvalue weighted by Gasteiger charge is -2.17. The van der Waals surface area contributed by atoms with Crippen LogP contribution in [-0.4, -0.2) is 29.1 Å². The van der Waals surface area contributed by atoms with Gasteiger partial charge in [0, 0.05) is 17.7 Å². The zero-order valence-electron chi connectivity index (χ0n) is 11.0. The molecule has 0 atom stereocenters. The molecular weight excluding hydrogens is 250 g/mol. The minimum Gasteiger partial charge on any atom is -0.395 e. The summed E-state index contributed by atoms with van der Waals surface area (Å²) in [6, 6.07) is 17.4. The molecule has 1 amide bonds. The Morgan fingerprint density at radius 3 is 2.30 bits per heavy atom. The van der Waals surface area contributed by atoms with E-state index in [1.165, 1.54) is 0 Å². The second kappa shape index (κ2) is 5.31. The molecule has 0 saturated carbocycles. The maximum Gasteiger partial charge on any atom is 0.259 e. The first-order valence-electron chi connectivity index (χ1n) is 6.60. The second-order valence-electron chi connectivity index (χ2n) is 4.67. The van der Waals surface area contributed by atoms with Crippen molar-refractivity contribution >= 4 is 17.7 Å². The van der Waals surface area contributed by atoms with Crippen molar-refractivity contribution in [3.05, 3.63) is 71.3 Å². The van der Waals surface area contributed by atoms with Crippen LogP contribution in [0.2, 0.25) is 0 Å². The number of fused-ring (bicyclic) bond motifs is 1. The largest absolute Gasteiger partial charge is 0.395 e. The van der Waals surface area contributed by atoms with Gasteiger partial charge in [-0.05, 0) is 17.7 Å². The minimum absolute atomic E-state index is 0.0446. The summed E-state index contributed by atoms with van der Waals surface area (Å²) >= 11 is 0. The topological polar surface area (TPSA) is 40.5 Å². The zero-order valence-corrected chi connectivity index (χ0v) is 11.0. The van der Waals surface area contributed by atoms with Crippen molar-refractivity contribution in [3.63, 3.8) is 0 Å². The van der Waals surface area contributed by atoms with Crippen molar-refractivity contribution in [1.29, 1.82) is 0 Å². The Bertz CT molecular complexity index is 662. The van der Waals surface area contributed by atoms with Gasteiger partial charge in [0.15, 0.2) is 0 Å². The van der Waals surface area contributed by atoms with Gasteiger partial charge < -0.3 is 10.0 Å². The van der Waals surface area contributed by atoms with Crippen LogP contribution in [0.3, 0.4) is 0 Å². The van der Waals surface area contributed by atoms with E-state index in [0.29, 0.717) is 12.1 Å². The molecule has 0 saturated heterocycles. The number of rotatable bonds is 3. The Kier molecular flexibility index (Phi) is 3.35. The number of carbonyl (C=O) groups is 1. The van der Waals surface area contributed by atoms with Crippen LogP contribution in [0.4, 0.5) is 0 Å². The Labute approximate surface area is 117 Å². The highest BCUT2D eigenvalue weighted by Gasteiger charge is 2.31. The van der Waals surface area contributed by atoms with Crippen molar-refractivity contribution in [2.75, 3.05) is 13.2 Å². The standard InChI is InChI=1S/C17H15NO2/c19-11-10-18-16(12-13-6-2-1-3-7-13)14-8-4-5-9-15(14)17(18)20/h1-9,12,19H,10-11H2/b16-12+. The fraction of sp³-hybridized carbons (Fsp3) is 0.118. The third-order valence-corrected chi connectivity index (χ3v) is 3.40. The van der Waals surface area contributed by atoms with Crippen molar-refractivity contribution in [1.82, 2.24) is 4.90 Å². The number of amides is 1. The summed E-state index contributed by atoms with van der Waals surface area (Å²) in [5.41, 5.74) is 3.51. The summed E-state index contributed by atoms with van der Waals surface area (Å²) in [5, 5.41) is 9.19. The number of hydrogen-bond donors (Lipinski definition) is 1. The van der Waals surface area contributed by atoms with Crippen LogP contribution in [0, 0.1) is 0 Å². The molecule has 3 rings (SSSR count). The number of aliphatic hydroxyl groups is 1. The molecule has 0 spiro atoms. The molecule has 3 heteroatoms. The Morgan fingerprint density at radius 1 is 0.950 bits per heavy atom. The summed E-state index contributed by atoms with van der Waals surface area (Å²) in [5.74, 6) is -0.0446. The van der Waals surface area contributed by atoms with Gasteiger partial charge >= 0.3 is 0 Å². The molecule has 1 aliphatic heterocycles. The van der Waals surface area contributed by atoms with Gasteiger partial charge in [0.05, 0.1) is 12.3 Å². The Balaban J connectivity index is 2.11. The number of β-amino-alcohol motifs (C(OH)–C–C–N with tert-alkyl or cyclic N) is 1. The number of aliphatic hydroxyl groups excluding tert-OH is 1. The minimum atomic E-state index is -0.0497. The lowest BCUT2D eigenvalue weighted by atomic mass is 10.1. The van der Waals surface area contributed by atoms with E-state index in [-0.39, 0.29) is 12.5 Å². The Hall–Kier alpha value is -2.39. The molecule has 0 fully saturated rings. The highest BCUT2D eigenvalue weighted by molar-refractivity contribution is 6.11. The van der Waals surface area contributed by atoms with E-state index in [2.05, 4.69) is 0 Å². The van der Waals surface area contributed by atoms with Crippen molar-refractivity contribution in [2.45, 2.75) is 0 Å². The van der Waals surface area contributed by atoms with Gasteiger partial charge in [0.2, 0.25) is 0 Å². The van der Waals surface area contributed by atoms with E-state index in [9.17, 15) is 9.90 Å². The molecule has 3 nitrogen and oxygen atoms in total. The van der Waals surface area contributed by atoms with Gasteiger partial charge in [-0.3, -0.25) is 4.79 Å². The lowest BCUT2D eigenvalue weighted by molar-refractivity contribution is 0.0829. The van der Waals surface area contributed by atoms with Crippen LogP contribution in [0.15, 0.2) is 54.6 Å². The van der Waals surface area contributed by atoms with Gasteiger partial charge in [0.25, 0.3) is 5.91 Å². The molecule has 1 N–H and O–H groups in total. The molecule has 20 heavy (non-hydrogen) atoms. The highest BCUT2D eigenvalue weighted by Crippen LogP contribution is 2.33. The first-order chi connectivity index (χ1) is 9.81. The molecule has 100 valence electrons. The lowest BCUT2D eigenvalue weighted by Crippen LogP contribution is -2.26. The first kappa shape index (κ1) is 12.6. The summed E-state index contributed by atoms with van der Waals surface area (Å²) in [4.78, 5) is 14.0. The average molecular weight is 265 g/mol. The van der Waals surface area contributed by atoms with Crippen LogP contribution in [-0.2, 0) is 0 Å². The van der Waals surface area contributed by atoms with E-state index < -0.39 is 0 Å². The smallest absolute Gasteiger partial charge is 0.259 e. The van der Waals surface area contributed by atoms with Gasteiger partial charge in [-0.1, -0.05) is 48.5 Å². The fourth-order valence-electron chi connectivity index (χ4n) is 2.48. The predicted octanol–water partition coefficient (Wildman–Crippen LogP) is 2.63. The first-order valence-corrected chi connectivity index (χ1v) is 6.60. The van der Waals surface area contributed by atoms with E-state index in [0.717, 1.165) is 16.8 Å². The molecule has 2 aromatic carbocycles. The molecule has 0 unspecified atom stereocenters. The number of benzene rings is 2. The predicted molar refractivity (Wildman–Crippen MR) is 78.9 cm³/mol. The van der Waals surface area contributed by atoms with E-state index in [4.69, 9.17) is 0 Å². The van der Waals surface area contributed by atoms with Gasteiger partial charge in [-0.2, -0.15) is 0 Å². The fourth-order valence-corrected chi connectivity index (χ4v) is 2.48. The van der Waals surface area contributed by atoms with Crippen LogP contribution < -0.4 is 0 Å². The van der Waals surface area contributed by atoms with Crippen LogP contribution >= 0.6 is 0 Å². The molecule has 0 radical (unpaired) electrons. The number of carbonyl (C=O) groups excluding carboxylic acids is 1. The third-order valence-electron chi connectivity index (χ3n) is 3.40. The molecule has 0 aliphatic carbocycles. The molecule has 2 aromatic rings. The van der Waals surface area contributed by atoms with Crippen molar-refractivity contribution in [3.8, 4) is 0 Å². The van der Waals surface area contributed by atoms with E-state index in [1.807, 2.05) is 60.7 Å². The summed E-state index contributed by atoms with van der Waals surface area (Å²) in [6.45, 7) is 0.262. The number of hydrogen-bond acceptors (Lipinski definition) is 2. The third kappa shape index (κ3) is 2.12.